The molecule has 0 radical (unpaired) electrons. The van der Waals surface area contributed by atoms with Crippen LogP contribution in [0, 0.1) is 5.82 Å². The van der Waals surface area contributed by atoms with E-state index in [-0.39, 0.29) is 12.4 Å². The van der Waals surface area contributed by atoms with Crippen LogP contribution in [0.1, 0.15) is 18.9 Å². The van der Waals surface area contributed by atoms with E-state index in [1.807, 2.05) is 11.8 Å². The van der Waals surface area contributed by atoms with Crippen molar-refractivity contribution >= 4 is 11.8 Å². The summed E-state index contributed by atoms with van der Waals surface area (Å²) in [5, 5.41) is 9.03. The molecule has 0 aliphatic heterocycles. The highest BCUT2D eigenvalue weighted by atomic mass is 32.2. The van der Waals surface area contributed by atoms with E-state index >= 15 is 0 Å². The van der Waals surface area contributed by atoms with Gasteiger partial charge in [0, 0.05) is 5.56 Å². The van der Waals surface area contributed by atoms with Crippen LogP contribution < -0.4 is 4.74 Å². The molecule has 90 valence electrons. The molecule has 1 aromatic rings. The van der Waals surface area contributed by atoms with Crippen LogP contribution in [0.3, 0.4) is 0 Å². The van der Waals surface area contributed by atoms with Crippen molar-refractivity contribution in [1.82, 2.24) is 0 Å². The Morgan fingerprint density at radius 1 is 1.44 bits per heavy atom. The number of thioether (sulfide) groups is 1. The third-order valence-corrected chi connectivity index (χ3v) is 3.07. The van der Waals surface area contributed by atoms with Crippen LogP contribution in [0.25, 0.3) is 0 Å². The molecule has 2 nitrogen and oxygen atoms in total. The highest BCUT2D eigenvalue weighted by Crippen LogP contribution is 2.20. The van der Waals surface area contributed by atoms with Gasteiger partial charge in [0.1, 0.15) is 11.6 Å². The highest BCUT2D eigenvalue weighted by molar-refractivity contribution is 7.99. The monoisotopic (exact) mass is 244 g/mol. The van der Waals surface area contributed by atoms with Gasteiger partial charge in [-0.25, -0.2) is 4.39 Å². The van der Waals surface area contributed by atoms with E-state index in [9.17, 15) is 4.39 Å². The first-order valence-corrected chi connectivity index (χ1v) is 6.53. The topological polar surface area (TPSA) is 29.5 Å². The number of rotatable bonds is 7. The normalized spacial score (nSPS) is 10.4. The van der Waals surface area contributed by atoms with Gasteiger partial charge in [-0.05, 0) is 36.1 Å². The first-order valence-electron chi connectivity index (χ1n) is 5.37. The number of aliphatic hydroxyl groups is 1. The zero-order chi connectivity index (χ0) is 11.8. The van der Waals surface area contributed by atoms with Gasteiger partial charge >= 0.3 is 0 Å². The van der Waals surface area contributed by atoms with Crippen molar-refractivity contribution in [2.45, 2.75) is 20.0 Å². The maximum absolute atomic E-state index is 12.9. The van der Waals surface area contributed by atoms with Gasteiger partial charge in [0.05, 0.1) is 13.2 Å². The molecule has 16 heavy (non-hydrogen) atoms. The van der Waals surface area contributed by atoms with Crippen molar-refractivity contribution in [3.63, 3.8) is 0 Å². The summed E-state index contributed by atoms with van der Waals surface area (Å²) >= 11 is 1.87. The summed E-state index contributed by atoms with van der Waals surface area (Å²) in [5.41, 5.74) is 0.503. The number of halogens is 1. The Morgan fingerprint density at radius 3 is 2.94 bits per heavy atom. The fourth-order valence-corrected chi connectivity index (χ4v) is 1.91. The number of hydrogen-bond acceptors (Lipinski definition) is 3. The van der Waals surface area contributed by atoms with Crippen molar-refractivity contribution in [1.29, 1.82) is 0 Å². The second kappa shape index (κ2) is 7.52. The second-order valence-corrected chi connectivity index (χ2v) is 4.70. The number of hydrogen-bond donors (Lipinski definition) is 1. The van der Waals surface area contributed by atoms with Crippen molar-refractivity contribution in [2.75, 3.05) is 18.1 Å². The molecule has 4 heteroatoms. The van der Waals surface area contributed by atoms with Crippen LogP contribution in [0.5, 0.6) is 5.75 Å². The third kappa shape index (κ3) is 4.41. The van der Waals surface area contributed by atoms with E-state index in [2.05, 4.69) is 6.92 Å². The molecule has 0 bridgehead atoms. The van der Waals surface area contributed by atoms with Gasteiger partial charge in [0.2, 0.25) is 0 Å². The summed E-state index contributed by atoms with van der Waals surface area (Å²) in [4.78, 5) is 0. The van der Waals surface area contributed by atoms with E-state index in [0.717, 1.165) is 17.9 Å². The van der Waals surface area contributed by atoms with Gasteiger partial charge in [-0.15, -0.1) is 0 Å². The number of ether oxygens (including phenoxy) is 1. The molecule has 0 unspecified atom stereocenters. The molecule has 0 atom stereocenters. The lowest BCUT2D eigenvalue weighted by atomic mass is 10.2. The zero-order valence-electron chi connectivity index (χ0n) is 9.41. The fraction of sp³-hybridized carbons (Fsp3) is 0.500. The predicted molar refractivity (Wildman–Crippen MR) is 65.4 cm³/mol. The molecule has 0 amide bonds. The smallest absolute Gasteiger partial charge is 0.125 e. The maximum Gasteiger partial charge on any atom is 0.125 e. The largest absolute Gasteiger partial charge is 0.493 e. The lowest BCUT2D eigenvalue weighted by Gasteiger charge is -2.09. The molecule has 0 saturated carbocycles. The Labute approximate surface area is 99.8 Å². The molecule has 0 fully saturated rings. The van der Waals surface area contributed by atoms with Gasteiger partial charge in [-0.3, -0.25) is 0 Å². The SMILES string of the molecule is CCSCCCOc1ccc(F)cc1CO. The van der Waals surface area contributed by atoms with E-state index < -0.39 is 0 Å². The standard InChI is InChI=1S/C12H17FO2S/c1-2-16-7-3-6-15-12-5-4-11(13)8-10(12)9-14/h4-5,8,14H,2-3,6-7,9H2,1H3. The van der Waals surface area contributed by atoms with Gasteiger partial charge in [0.25, 0.3) is 0 Å². The summed E-state index contributed by atoms with van der Waals surface area (Å²) in [6.07, 6.45) is 0.959. The van der Waals surface area contributed by atoms with Gasteiger partial charge in [-0.1, -0.05) is 6.92 Å². The Kier molecular flexibility index (Phi) is 6.26. The van der Waals surface area contributed by atoms with Crippen LogP contribution in [-0.4, -0.2) is 23.2 Å². The number of benzene rings is 1. The third-order valence-electron chi connectivity index (χ3n) is 2.09. The Balaban J connectivity index is 2.41. The van der Waals surface area contributed by atoms with Crippen LogP contribution >= 0.6 is 11.8 Å². The van der Waals surface area contributed by atoms with Crippen LogP contribution in [-0.2, 0) is 6.61 Å². The molecule has 1 aromatic carbocycles. The minimum Gasteiger partial charge on any atom is -0.493 e. The molecular weight excluding hydrogens is 227 g/mol. The van der Waals surface area contributed by atoms with Gasteiger partial charge < -0.3 is 9.84 Å². The van der Waals surface area contributed by atoms with Crippen LogP contribution in [0.2, 0.25) is 0 Å². The maximum atomic E-state index is 12.9. The zero-order valence-corrected chi connectivity index (χ0v) is 10.2. The molecule has 0 spiro atoms. The van der Waals surface area contributed by atoms with Gasteiger partial charge in [-0.2, -0.15) is 11.8 Å². The van der Waals surface area contributed by atoms with Crippen LogP contribution in [0.15, 0.2) is 18.2 Å². The predicted octanol–water partition coefficient (Wildman–Crippen LogP) is 2.84. The fourth-order valence-electron chi connectivity index (χ4n) is 1.30. The lowest BCUT2D eigenvalue weighted by molar-refractivity contribution is 0.262. The quantitative estimate of drug-likeness (QED) is 0.748. The first-order chi connectivity index (χ1) is 7.77. The average Bonchev–Trinajstić information content (AvgIpc) is 2.30. The summed E-state index contributed by atoms with van der Waals surface area (Å²) in [5.74, 6) is 2.40. The Morgan fingerprint density at radius 2 is 2.25 bits per heavy atom. The molecular formula is C12H17FO2S. The number of aliphatic hydroxyl groups excluding tert-OH is 1. The minimum atomic E-state index is -0.349. The average molecular weight is 244 g/mol. The molecule has 0 aliphatic carbocycles. The molecule has 1 N–H and O–H groups in total. The van der Waals surface area contributed by atoms with Crippen molar-refractivity contribution < 1.29 is 14.2 Å². The van der Waals surface area contributed by atoms with Crippen molar-refractivity contribution in [2.24, 2.45) is 0 Å². The summed E-state index contributed by atoms with van der Waals surface area (Å²) in [7, 11) is 0. The van der Waals surface area contributed by atoms with E-state index in [4.69, 9.17) is 9.84 Å². The molecule has 0 aliphatic rings. The first kappa shape index (κ1) is 13.3. The second-order valence-electron chi connectivity index (χ2n) is 3.31. The highest BCUT2D eigenvalue weighted by Gasteiger charge is 2.04. The Hall–Kier alpha value is -0.740. The minimum absolute atomic E-state index is 0.198. The summed E-state index contributed by atoms with van der Waals surface area (Å²) in [6.45, 7) is 2.53. The van der Waals surface area contributed by atoms with Crippen LogP contribution in [0.4, 0.5) is 4.39 Å². The molecule has 0 heterocycles. The van der Waals surface area contributed by atoms with Gasteiger partial charge in [0.15, 0.2) is 0 Å². The Bertz CT molecular complexity index is 318. The lowest BCUT2D eigenvalue weighted by Crippen LogP contribution is -2.02. The molecule has 0 saturated heterocycles. The van der Waals surface area contributed by atoms with E-state index in [0.29, 0.717) is 17.9 Å². The van der Waals surface area contributed by atoms with E-state index in [1.54, 1.807) is 6.07 Å². The van der Waals surface area contributed by atoms with Crippen molar-refractivity contribution in [3.05, 3.63) is 29.6 Å². The van der Waals surface area contributed by atoms with E-state index in [1.165, 1.54) is 12.1 Å². The summed E-state index contributed by atoms with van der Waals surface area (Å²) in [6, 6.07) is 4.21. The molecule has 1 rings (SSSR count). The van der Waals surface area contributed by atoms with Crippen molar-refractivity contribution in [3.8, 4) is 5.75 Å². The summed E-state index contributed by atoms with van der Waals surface area (Å²) < 4.78 is 18.3. The molecule has 0 aromatic heterocycles.